The third-order valence-corrected chi connectivity index (χ3v) is 2.95. The molecule has 17 heavy (non-hydrogen) atoms. The average molecular weight is 253 g/mol. The lowest BCUT2D eigenvalue weighted by Gasteiger charge is -2.09. The molecule has 6 heteroatoms. The first-order valence-electron chi connectivity index (χ1n) is 5.05. The van der Waals surface area contributed by atoms with Gasteiger partial charge in [0.1, 0.15) is 0 Å². The minimum absolute atomic E-state index is 0.234. The second kappa shape index (κ2) is 5.20. The molecule has 2 N–H and O–H groups in total. The highest BCUT2D eigenvalue weighted by molar-refractivity contribution is 7.03. The Kier molecular flexibility index (Phi) is 3.65. The topological polar surface area (TPSA) is 61.0 Å². The maximum absolute atomic E-state index is 13.5. The molecule has 1 atom stereocenters. The van der Waals surface area contributed by atoms with Crippen molar-refractivity contribution in [2.75, 3.05) is 7.11 Å². The highest BCUT2D eigenvalue weighted by Crippen LogP contribution is 2.21. The lowest BCUT2D eigenvalue weighted by molar-refractivity contribution is 0.386. The summed E-state index contributed by atoms with van der Waals surface area (Å²) in [6, 6.07) is 4.55. The zero-order valence-electron chi connectivity index (χ0n) is 9.26. The van der Waals surface area contributed by atoms with Crippen LogP contribution in [0.5, 0.6) is 5.75 Å². The monoisotopic (exact) mass is 253 g/mol. The fraction of sp³-hybridized carbons (Fsp3) is 0.273. The Balaban J connectivity index is 2.11. The van der Waals surface area contributed by atoms with E-state index >= 15 is 0 Å². The summed E-state index contributed by atoms with van der Waals surface area (Å²) < 4.78 is 22.0. The second-order valence-electron chi connectivity index (χ2n) is 3.61. The van der Waals surface area contributed by atoms with Gasteiger partial charge in [-0.3, -0.25) is 0 Å². The van der Waals surface area contributed by atoms with E-state index in [-0.39, 0.29) is 17.6 Å². The van der Waals surface area contributed by atoms with Crippen LogP contribution in [-0.4, -0.2) is 16.7 Å². The third kappa shape index (κ3) is 2.78. The van der Waals surface area contributed by atoms with Gasteiger partial charge in [-0.25, -0.2) is 4.39 Å². The molecule has 0 spiro atoms. The van der Waals surface area contributed by atoms with Gasteiger partial charge in [0, 0.05) is 5.38 Å². The Labute approximate surface area is 102 Å². The summed E-state index contributed by atoms with van der Waals surface area (Å²) in [6.07, 6.45) is 0.520. The van der Waals surface area contributed by atoms with Crippen molar-refractivity contribution in [2.24, 2.45) is 5.73 Å². The summed E-state index contributed by atoms with van der Waals surface area (Å²) in [6.45, 7) is 0. The van der Waals surface area contributed by atoms with E-state index in [1.54, 1.807) is 17.5 Å². The lowest BCUT2D eigenvalue weighted by atomic mass is 10.0. The van der Waals surface area contributed by atoms with Gasteiger partial charge in [0.15, 0.2) is 11.6 Å². The second-order valence-corrected chi connectivity index (χ2v) is 4.22. The molecule has 1 aromatic heterocycles. The van der Waals surface area contributed by atoms with Gasteiger partial charge in [0.05, 0.1) is 18.8 Å². The number of nitrogens with two attached hydrogens (primary N) is 1. The number of ether oxygens (including phenoxy) is 1. The van der Waals surface area contributed by atoms with E-state index in [1.807, 2.05) is 0 Å². The Morgan fingerprint density at radius 3 is 2.94 bits per heavy atom. The molecule has 0 bridgehead atoms. The molecule has 0 amide bonds. The molecule has 0 radical (unpaired) electrons. The number of nitrogens with zero attached hydrogens (tertiary/aromatic N) is 2. The minimum atomic E-state index is -0.381. The molecular formula is C11H12FN3OS. The van der Waals surface area contributed by atoms with Crippen molar-refractivity contribution in [2.45, 2.75) is 12.5 Å². The maximum Gasteiger partial charge on any atom is 0.165 e. The third-order valence-electron chi connectivity index (χ3n) is 2.43. The normalized spacial score (nSPS) is 12.4. The SMILES string of the molecule is COc1ccc(CC(N)c2csnn2)cc1F. The number of aromatic nitrogens is 2. The van der Waals surface area contributed by atoms with Gasteiger partial charge < -0.3 is 10.5 Å². The van der Waals surface area contributed by atoms with Crippen LogP contribution in [0.3, 0.4) is 0 Å². The van der Waals surface area contributed by atoms with Crippen molar-refractivity contribution in [1.29, 1.82) is 0 Å². The van der Waals surface area contributed by atoms with E-state index in [0.29, 0.717) is 6.42 Å². The summed E-state index contributed by atoms with van der Waals surface area (Å²) in [5.74, 6) is -0.147. The van der Waals surface area contributed by atoms with Crippen LogP contribution in [0.25, 0.3) is 0 Å². The van der Waals surface area contributed by atoms with Gasteiger partial charge in [-0.2, -0.15) is 0 Å². The molecule has 0 fully saturated rings. The number of rotatable bonds is 4. The molecule has 0 aliphatic carbocycles. The molecule has 0 saturated carbocycles. The van der Waals surface area contributed by atoms with E-state index in [9.17, 15) is 4.39 Å². The van der Waals surface area contributed by atoms with E-state index in [1.165, 1.54) is 24.7 Å². The highest BCUT2D eigenvalue weighted by Gasteiger charge is 2.11. The molecule has 1 aromatic carbocycles. The molecule has 0 aliphatic heterocycles. The van der Waals surface area contributed by atoms with Crippen molar-refractivity contribution in [1.82, 2.24) is 9.59 Å². The summed E-state index contributed by atoms with van der Waals surface area (Å²) in [7, 11) is 1.44. The van der Waals surface area contributed by atoms with Crippen molar-refractivity contribution < 1.29 is 9.13 Å². The van der Waals surface area contributed by atoms with E-state index in [4.69, 9.17) is 10.5 Å². The van der Waals surface area contributed by atoms with Crippen LogP contribution in [0.15, 0.2) is 23.6 Å². The Morgan fingerprint density at radius 2 is 2.35 bits per heavy atom. The molecule has 4 nitrogen and oxygen atoms in total. The van der Waals surface area contributed by atoms with Gasteiger partial charge in [-0.05, 0) is 35.6 Å². The number of methoxy groups -OCH3 is 1. The largest absolute Gasteiger partial charge is 0.494 e. The minimum Gasteiger partial charge on any atom is -0.494 e. The quantitative estimate of drug-likeness (QED) is 0.904. The highest BCUT2D eigenvalue weighted by atomic mass is 32.1. The van der Waals surface area contributed by atoms with Crippen LogP contribution in [0.1, 0.15) is 17.3 Å². The molecule has 2 rings (SSSR count). The molecule has 1 heterocycles. The summed E-state index contributed by atoms with van der Waals surface area (Å²) in [5, 5.41) is 5.69. The van der Waals surface area contributed by atoms with Gasteiger partial charge in [0.2, 0.25) is 0 Å². The zero-order chi connectivity index (χ0) is 12.3. The summed E-state index contributed by atoms with van der Waals surface area (Å²) >= 11 is 1.25. The Hall–Kier alpha value is -1.53. The number of halogens is 1. The van der Waals surface area contributed by atoms with Crippen LogP contribution in [0.2, 0.25) is 0 Å². The van der Waals surface area contributed by atoms with Crippen molar-refractivity contribution in [3.8, 4) is 5.75 Å². The number of hydrogen-bond donors (Lipinski definition) is 1. The zero-order valence-corrected chi connectivity index (χ0v) is 10.1. The summed E-state index contributed by atoms with van der Waals surface area (Å²) in [4.78, 5) is 0. The van der Waals surface area contributed by atoms with Crippen LogP contribution in [0.4, 0.5) is 4.39 Å². The van der Waals surface area contributed by atoms with Crippen molar-refractivity contribution in [3.63, 3.8) is 0 Å². The van der Waals surface area contributed by atoms with Crippen LogP contribution < -0.4 is 10.5 Å². The average Bonchev–Trinajstić information content (AvgIpc) is 2.82. The predicted molar refractivity (Wildman–Crippen MR) is 63.5 cm³/mol. The molecular weight excluding hydrogens is 241 g/mol. The van der Waals surface area contributed by atoms with Crippen molar-refractivity contribution >= 4 is 11.5 Å². The van der Waals surface area contributed by atoms with Gasteiger partial charge in [-0.15, -0.1) is 5.10 Å². The number of hydrogen-bond acceptors (Lipinski definition) is 5. The molecule has 2 aromatic rings. The van der Waals surface area contributed by atoms with E-state index in [2.05, 4.69) is 9.59 Å². The number of benzene rings is 1. The molecule has 90 valence electrons. The fourth-order valence-corrected chi connectivity index (χ4v) is 2.05. The van der Waals surface area contributed by atoms with Gasteiger partial charge in [-0.1, -0.05) is 10.6 Å². The van der Waals surface area contributed by atoms with E-state index in [0.717, 1.165) is 11.3 Å². The fourth-order valence-electron chi connectivity index (χ4n) is 1.53. The first kappa shape index (κ1) is 11.9. The van der Waals surface area contributed by atoms with Crippen LogP contribution in [-0.2, 0) is 6.42 Å². The van der Waals surface area contributed by atoms with Crippen molar-refractivity contribution in [3.05, 3.63) is 40.7 Å². The molecule has 0 aliphatic rings. The van der Waals surface area contributed by atoms with Crippen LogP contribution in [0, 0.1) is 5.82 Å². The standard InChI is InChI=1S/C11H12FN3OS/c1-16-11-3-2-7(4-8(11)12)5-9(13)10-6-17-15-14-10/h2-4,6,9H,5,13H2,1H3. The first-order chi connectivity index (χ1) is 8.20. The molecule has 0 saturated heterocycles. The molecule has 1 unspecified atom stereocenters. The summed E-state index contributed by atoms with van der Waals surface area (Å²) in [5.41, 5.74) is 7.48. The first-order valence-corrected chi connectivity index (χ1v) is 5.89. The van der Waals surface area contributed by atoms with E-state index < -0.39 is 0 Å². The lowest BCUT2D eigenvalue weighted by Crippen LogP contribution is -2.14. The van der Waals surface area contributed by atoms with Gasteiger partial charge in [0.25, 0.3) is 0 Å². The van der Waals surface area contributed by atoms with Gasteiger partial charge >= 0.3 is 0 Å². The Bertz CT molecular complexity index is 489. The Morgan fingerprint density at radius 1 is 1.53 bits per heavy atom. The van der Waals surface area contributed by atoms with Crippen LogP contribution >= 0.6 is 11.5 Å². The maximum atomic E-state index is 13.5. The predicted octanol–water partition coefficient (Wildman–Crippen LogP) is 1.93. The smallest absolute Gasteiger partial charge is 0.165 e.